The molecule has 0 amide bonds. The summed E-state index contributed by atoms with van der Waals surface area (Å²) < 4.78 is 60.1. The van der Waals surface area contributed by atoms with Gasteiger partial charge in [-0.2, -0.15) is 8.78 Å². The van der Waals surface area contributed by atoms with Crippen LogP contribution in [0, 0.1) is 11.6 Å². The monoisotopic (exact) mass is 690 g/mol. The molecule has 0 aliphatic carbocycles. The zero-order valence-electron chi connectivity index (χ0n) is 27.1. The molecule has 0 atom stereocenters. The van der Waals surface area contributed by atoms with Crippen LogP contribution in [-0.2, 0) is 28.7 Å². The molecule has 0 bridgehead atoms. The molecule has 0 N–H and O–H groups in total. The van der Waals surface area contributed by atoms with Gasteiger partial charge < -0.3 is 28.4 Å². The number of halogens is 2. The van der Waals surface area contributed by atoms with Crippen molar-refractivity contribution in [1.82, 2.24) is 0 Å². The Hall–Kier alpha value is -6.04. The molecule has 0 saturated heterocycles. The minimum Gasteiger partial charge on any atom is -0.494 e. The van der Waals surface area contributed by atoms with Gasteiger partial charge >= 0.3 is 23.9 Å². The summed E-state index contributed by atoms with van der Waals surface area (Å²) in [6.45, 7) is 8.03. The number of hydrogen-bond acceptors (Lipinski definition) is 10. The van der Waals surface area contributed by atoms with E-state index in [0.29, 0.717) is 61.5 Å². The highest BCUT2D eigenvalue weighted by atomic mass is 19.2. The minimum atomic E-state index is -1.50. The van der Waals surface area contributed by atoms with Crippen molar-refractivity contribution in [2.24, 2.45) is 0 Å². The second kappa shape index (κ2) is 21.0. The number of esters is 4. The first-order chi connectivity index (χ1) is 24.2. The summed E-state index contributed by atoms with van der Waals surface area (Å²) in [6, 6.07) is 15.5. The van der Waals surface area contributed by atoms with E-state index < -0.39 is 47.0 Å². The molecule has 3 aromatic rings. The van der Waals surface area contributed by atoms with Gasteiger partial charge in [-0.05, 0) is 85.4 Å². The molecular formula is C38H36F2O10. The lowest BCUT2D eigenvalue weighted by atomic mass is 10.2. The molecule has 10 nitrogen and oxygen atoms in total. The lowest BCUT2D eigenvalue weighted by Crippen LogP contribution is -2.09. The molecule has 0 aliphatic heterocycles. The fourth-order valence-electron chi connectivity index (χ4n) is 3.89. The first kappa shape index (κ1) is 38.4. The molecule has 0 fully saturated rings. The van der Waals surface area contributed by atoms with Gasteiger partial charge in [0.1, 0.15) is 11.5 Å². The number of carbonyl (C=O) groups excluding carboxylic acids is 4. The smallest absolute Gasteiger partial charge is 0.336 e. The van der Waals surface area contributed by atoms with Crippen molar-refractivity contribution < 1.29 is 56.4 Å². The summed E-state index contributed by atoms with van der Waals surface area (Å²) in [7, 11) is 0. The van der Waals surface area contributed by atoms with Crippen LogP contribution in [-0.4, -0.2) is 50.3 Å². The SMILES string of the molecule is C=CC(=O)OCCCCOc1ccc(/C=C/C(=O)Oc2ccc(OC(=O)/C=C/c3ccc(OCCCCOC(=O)C=C)cc3)c(F)c2F)cc1. The third-order valence-electron chi connectivity index (χ3n) is 6.45. The molecule has 50 heavy (non-hydrogen) atoms. The quantitative estimate of drug-likeness (QED) is 0.0531. The fourth-order valence-corrected chi connectivity index (χ4v) is 3.89. The number of benzene rings is 3. The summed E-state index contributed by atoms with van der Waals surface area (Å²) in [5.74, 6) is -6.06. The number of rotatable bonds is 20. The summed E-state index contributed by atoms with van der Waals surface area (Å²) in [5, 5.41) is 0. The van der Waals surface area contributed by atoms with Gasteiger partial charge in [-0.1, -0.05) is 37.4 Å². The summed E-state index contributed by atoms with van der Waals surface area (Å²) in [6.07, 6.45) is 9.74. The van der Waals surface area contributed by atoms with Crippen LogP contribution in [0.5, 0.6) is 23.0 Å². The standard InChI is InChI=1S/C38H36F2O10/c1-3-33(41)47-25-7-5-23-45-29-15-9-27(10-16-29)13-21-35(43)49-31-19-20-32(38(40)37(31)39)50-36(44)22-14-28-11-17-30(18-12-28)46-24-6-8-26-48-34(42)4-2/h3-4,9-22H,1-2,5-8,23-26H2/b21-13+,22-14+. The molecular weight excluding hydrogens is 654 g/mol. The van der Waals surface area contributed by atoms with E-state index in [-0.39, 0.29) is 13.2 Å². The van der Waals surface area contributed by atoms with Gasteiger partial charge in [-0.25, -0.2) is 19.2 Å². The third-order valence-corrected chi connectivity index (χ3v) is 6.45. The number of hydrogen-bond donors (Lipinski definition) is 0. The maximum atomic E-state index is 14.6. The Balaban J connectivity index is 1.41. The van der Waals surface area contributed by atoms with Crippen molar-refractivity contribution in [2.45, 2.75) is 25.7 Å². The van der Waals surface area contributed by atoms with Crippen molar-refractivity contribution in [2.75, 3.05) is 26.4 Å². The van der Waals surface area contributed by atoms with E-state index in [0.717, 1.165) is 36.4 Å². The van der Waals surface area contributed by atoms with E-state index in [1.807, 2.05) is 0 Å². The molecule has 12 heteroatoms. The maximum absolute atomic E-state index is 14.6. The van der Waals surface area contributed by atoms with Crippen molar-refractivity contribution >= 4 is 36.0 Å². The minimum absolute atomic E-state index is 0.275. The van der Waals surface area contributed by atoms with Crippen LogP contribution >= 0.6 is 0 Å². The highest BCUT2D eigenvalue weighted by Crippen LogP contribution is 2.28. The van der Waals surface area contributed by atoms with Gasteiger partial charge in [0, 0.05) is 24.3 Å². The van der Waals surface area contributed by atoms with E-state index in [9.17, 15) is 28.0 Å². The first-order valence-electron chi connectivity index (χ1n) is 15.5. The Morgan fingerprint density at radius 1 is 0.520 bits per heavy atom. The van der Waals surface area contributed by atoms with Crippen LogP contribution in [0.1, 0.15) is 36.8 Å². The Kier molecular flexibility index (Phi) is 16.2. The van der Waals surface area contributed by atoms with Gasteiger partial charge in [0.15, 0.2) is 11.5 Å². The van der Waals surface area contributed by atoms with Gasteiger partial charge in [-0.15, -0.1) is 0 Å². The Bertz CT molecular complexity index is 1550. The van der Waals surface area contributed by atoms with Crippen LogP contribution in [0.2, 0.25) is 0 Å². The van der Waals surface area contributed by atoms with E-state index in [4.69, 9.17) is 28.4 Å². The topological polar surface area (TPSA) is 124 Å². The molecule has 0 aliphatic rings. The number of unbranched alkanes of at least 4 members (excludes halogenated alkanes) is 2. The molecule has 3 rings (SSSR count). The highest BCUT2D eigenvalue weighted by Gasteiger charge is 2.19. The number of ether oxygens (including phenoxy) is 6. The van der Waals surface area contributed by atoms with Gasteiger partial charge in [-0.3, -0.25) is 0 Å². The number of carbonyl (C=O) groups is 4. The van der Waals surface area contributed by atoms with Crippen molar-refractivity contribution in [3.05, 3.63) is 121 Å². The second-order valence-electron chi connectivity index (χ2n) is 10.2. The molecule has 3 aromatic carbocycles. The average Bonchev–Trinajstić information content (AvgIpc) is 3.13. The van der Waals surface area contributed by atoms with Crippen LogP contribution in [0.25, 0.3) is 12.2 Å². The van der Waals surface area contributed by atoms with Crippen molar-refractivity contribution in [3.63, 3.8) is 0 Å². The zero-order chi connectivity index (χ0) is 36.1. The molecule has 0 radical (unpaired) electrons. The van der Waals surface area contributed by atoms with Crippen LogP contribution in [0.15, 0.2) is 98.1 Å². The summed E-state index contributed by atoms with van der Waals surface area (Å²) >= 11 is 0. The largest absolute Gasteiger partial charge is 0.494 e. The second-order valence-corrected chi connectivity index (χ2v) is 10.2. The lowest BCUT2D eigenvalue weighted by molar-refractivity contribution is -0.138. The summed E-state index contributed by atoms with van der Waals surface area (Å²) in [4.78, 5) is 46.5. The van der Waals surface area contributed by atoms with Crippen LogP contribution in [0.3, 0.4) is 0 Å². The van der Waals surface area contributed by atoms with Gasteiger partial charge in [0.05, 0.1) is 26.4 Å². The maximum Gasteiger partial charge on any atom is 0.336 e. The Morgan fingerprint density at radius 2 is 0.880 bits per heavy atom. The summed E-state index contributed by atoms with van der Waals surface area (Å²) in [5.41, 5.74) is 1.24. The third kappa shape index (κ3) is 14.0. The predicted molar refractivity (Wildman–Crippen MR) is 180 cm³/mol. The fraction of sp³-hybridized carbons (Fsp3) is 0.211. The zero-order valence-corrected chi connectivity index (χ0v) is 27.1. The Labute approximate surface area is 288 Å². The van der Waals surface area contributed by atoms with E-state index >= 15 is 0 Å². The van der Waals surface area contributed by atoms with Crippen molar-refractivity contribution in [1.29, 1.82) is 0 Å². The molecule has 262 valence electrons. The average molecular weight is 691 g/mol. The van der Waals surface area contributed by atoms with E-state index in [2.05, 4.69) is 13.2 Å². The van der Waals surface area contributed by atoms with Crippen molar-refractivity contribution in [3.8, 4) is 23.0 Å². The molecule has 0 aromatic heterocycles. The molecule has 0 spiro atoms. The molecule has 0 saturated carbocycles. The van der Waals surface area contributed by atoms with Gasteiger partial charge in [0.25, 0.3) is 0 Å². The van der Waals surface area contributed by atoms with Crippen LogP contribution < -0.4 is 18.9 Å². The molecule has 0 unspecified atom stereocenters. The van der Waals surface area contributed by atoms with E-state index in [1.165, 1.54) is 12.2 Å². The predicted octanol–water partition coefficient (Wildman–Crippen LogP) is 6.98. The molecule has 0 heterocycles. The Morgan fingerprint density at radius 3 is 1.24 bits per heavy atom. The highest BCUT2D eigenvalue weighted by molar-refractivity contribution is 5.89. The normalized spacial score (nSPS) is 10.8. The lowest BCUT2D eigenvalue weighted by Gasteiger charge is -2.08. The first-order valence-corrected chi connectivity index (χ1v) is 15.5. The van der Waals surface area contributed by atoms with E-state index in [1.54, 1.807) is 48.5 Å². The van der Waals surface area contributed by atoms with Crippen LogP contribution in [0.4, 0.5) is 8.78 Å². The van der Waals surface area contributed by atoms with Gasteiger partial charge in [0.2, 0.25) is 11.6 Å².